The number of hydrogen-bond donors (Lipinski definition) is 2. The summed E-state index contributed by atoms with van der Waals surface area (Å²) in [4.78, 5) is 24.1. The van der Waals surface area contributed by atoms with Crippen molar-refractivity contribution in [1.29, 1.82) is 0 Å². The number of aromatic hydroxyl groups is 1. The van der Waals surface area contributed by atoms with Crippen LogP contribution in [0.2, 0.25) is 0 Å². The molecule has 1 amide bonds. The van der Waals surface area contributed by atoms with Crippen LogP contribution in [-0.4, -0.2) is 30.2 Å². The second-order valence-electron chi connectivity index (χ2n) is 5.27. The summed E-state index contributed by atoms with van der Waals surface area (Å²) in [5.74, 6) is -0.459. The predicted octanol–water partition coefficient (Wildman–Crippen LogP) is 2.89. The Labute approximate surface area is 140 Å². The lowest BCUT2D eigenvalue weighted by molar-refractivity contribution is -0.123. The molecule has 0 radical (unpaired) electrons. The molecule has 0 unspecified atom stereocenters. The molecule has 6 nitrogen and oxygen atoms in total. The second kappa shape index (κ2) is 7.50. The highest BCUT2D eigenvalue weighted by Crippen LogP contribution is 2.19. The summed E-state index contributed by atoms with van der Waals surface area (Å²) >= 11 is 0. The van der Waals surface area contributed by atoms with Gasteiger partial charge < -0.3 is 19.9 Å². The SMILES string of the molecule is COc1ccc(NC(=O)[C@H](C)OC(=O)c2ccc(C)c(O)c2)cc1. The minimum atomic E-state index is -0.983. The molecule has 0 saturated heterocycles. The Balaban J connectivity index is 1.97. The van der Waals surface area contributed by atoms with Gasteiger partial charge in [-0.2, -0.15) is 0 Å². The molecule has 0 fully saturated rings. The van der Waals surface area contributed by atoms with Crippen molar-refractivity contribution < 1.29 is 24.2 Å². The van der Waals surface area contributed by atoms with Crippen LogP contribution in [-0.2, 0) is 9.53 Å². The average Bonchev–Trinajstić information content (AvgIpc) is 2.57. The van der Waals surface area contributed by atoms with E-state index in [0.717, 1.165) is 0 Å². The molecule has 126 valence electrons. The third kappa shape index (κ3) is 4.25. The average molecular weight is 329 g/mol. The van der Waals surface area contributed by atoms with Crippen LogP contribution in [0.1, 0.15) is 22.8 Å². The first-order valence-corrected chi connectivity index (χ1v) is 7.36. The Morgan fingerprint density at radius 2 is 1.79 bits per heavy atom. The Morgan fingerprint density at radius 1 is 1.12 bits per heavy atom. The molecule has 2 rings (SSSR count). The van der Waals surface area contributed by atoms with E-state index in [-0.39, 0.29) is 11.3 Å². The summed E-state index contributed by atoms with van der Waals surface area (Å²) in [6.45, 7) is 3.19. The van der Waals surface area contributed by atoms with Crippen LogP contribution in [0.5, 0.6) is 11.5 Å². The van der Waals surface area contributed by atoms with Crippen molar-refractivity contribution >= 4 is 17.6 Å². The first kappa shape index (κ1) is 17.3. The van der Waals surface area contributed by atoms with Crippen molar-refractivity contribution in [2.75, 3.05) is 12.4 Å². The summed E-state index contributed by atoms with van der Waals surface area (Å²) in [5, 5.41) is 12.3. The van der Waals surface area contributed by atoms with Crippen LogP contribution in [0.3, 0.4) is 0 Å². The number of rotatable bonds is 5. The molecule has 0 saturated carbocycles. The van der Waals surface area contributed by atoms with E-state index < -0.39 is 18.0 Å². The van der Waals surface area contributed by atoms with Crippen LogP contribution < -0.4 is 10.1 Å². The maximum Gasteiger partial charge on any atom is 0.339 e. The first-order valence-electron chi connectivity index (χ1n) is 7.36. The van der Waals surface area contributed by atoms with Crippen LogP contribution in [0.25, 0.3) is 0 Å². The number of benzene rings is 2. The number of methoxy groups -OCH3 is 1. The van der Waals surface area contributed by atoms with E-state index in [1.54, 1.807) is 44.4 Å². The van der Waals surface area contributed by atoms with Crippen molar-refractivity contribution in [2.45, 2.75) is 20.0 Å². The number of hydrogen-bond acceptors (Lipinski definition) is 5. The normalized spacial score (nSPS) is 11.5. The van der Waals surface area contributed by atoms with E-state index >= 15 is 0 Å². The second-order valence-corrected chi connectivity index (χ2v) is 5.27. The molecule has 0 bridgehead atoms. The van der Waals surface area contributed by atoms with Gasteiger partial charge in [0, 0.05) is 5.69 Å². The highest BCUT2D eigenvalue weighted by Gasteiger charge is 2.19. The van der Waals surface area contributed by atoms with Gasteiger partial charge in [0.25, 0.3) is 5.91 Å². The predicted molar refractivity (Wildman–Crippen MR) is 89.3 cm³/mol. The van der Waals surface area contributed by atoms with Gasteiger partial charge in [-0.15, -0.1) is 0 Å². The molecule has 6 heteroatoms. The van der Waals surface area contributed by atoms with Crippen molar-refractivity contribution in [2.24, 2.45) is 0 Å². The van der Waals surface area contributed by atoms with Crippen molar-refractivity contribution in [3.63, 3.8) is 0 Å². The van der Waals surface area contributed by atoms with Gasteiger partial charge >= 0.3 is 5.97 Å². The first-order chi connectivity index (χ1) is 11.4. The standard InChI is InChI=1S/C18H19NO5/c1-11-4-5-13(10-16(11)20)18(22)24-12(2)17(21)19-14-6-8-15(23-3)9-7-14/h4-10,12,20H,1-3H3,(H,19,21)/t12-/m0/s1. The number of anilines is 1. The molecule has 2 aromatic rings. The van der Waals surface area contributed by atoms with E-state index in [1.807, 2.05) is 0 Å². The Hall–Kier alpha value is -3.02. The molecule has 0 spiro atoms. The van der Waals surface area contributed by atoms with Gasteiger partial charge in [0.1, 0.15) is 11.5 Å². The van der Waals surface area contributed by atoms with Gasteiger partial charge in [-0.3, -0.25) is 4.79 Å². The fourth-order valence-electron chi connectivity index (χ4n) is 1.94. The van der Waals surface area contributed by atoms with Gasteiger partial charge in [-0.05, 0) is 55.8 Å². The minimum Gasteiger partial charge on any atom is -0.508 e. The molecular weight excluding hydrogens is 310 g/mol. The van der Waals surface area contributed by atoms with Crippen molar-refractivity contribution in [1.82, 2.24) is 0 Å². The number of carbonyl (C=O) groups is 2. The van der Waals surface area contributed by atoms with Crippen LogP contribution in [0.15, 0.2) is 42.5 Å². The monoisotopic (exact) mass is 329 g/mol. The van der Waals surface area contributed by atoms with Crippen LogP contribution in [0.4, 0.5) is 5.69 Å². The van der Waals surface area contributed by atoms with E-state index in [4.69, 9.17) is 9.47 Å². The summed E-state index contributed by atoms with van der Waals surface area (Å²) in [6, 6.07) is 11.2. The van der Waals surface area contributed by atoms with Gasteiger partial charge in [0.2, 0.25) is 0 Å². The Morgan fingerprint density at radius 3 is 2.38 bits per heavy atom. The molecule has 24 heavy (non-hydrogen) atoms. The van der Waals surface area contributed by atoms with Crippen molar-refractivity contribution in [3.05, 3.63) is 53.6 Å². The van der Waals surface area contributed by atoms with Gasteiger partial charge in [0.15, 0.2) is 6.10 Å². The minimum absolute atomic E-state index is 0.000197. The summed E-state index contributed by atoms with van der Waals surface area (Å²) < 4.78 is 10.2. The van der Waals surface area contributed by atoms with E-state index in [0.29, 0.717) is 17.0 Å². The fourth-order valence-corrected chi connectivity index (χ4v) is 1.94. The zero-order chi connectivity index (χ0) is 17.7. The lowest BCUT2D eigenvalue weighted by Gasteiger charge is -2.14. The van der Waals surface area contributed by atoms with Gasteiger partial charge in [-0.25, -0.2) is 4.79 Å². The molecular formula is C18H19NO5. The van der Waals surface area contributed by atoms with E-state index in [1.165, 1.54) is 19.1 Å². The zero-order valence-electron chi connectivity index (χ0n) is 13.7. The maximum atomic E-state index is 12.1. The quantitative estimate of drug-likeness (QED) is 0.824. The molecule has 2 aromatic carbocycles. The lowest BCUT2D eigenvalue weighted by atomic mass is 10.1. The smallest absolute Gasteiger partial charge is 0.339 e. The molecule has 0 aliphatic heterocycles. The summed E-state index contributed by atoms with van der Waals surface area (Å²) in [7, 11) is 1.55. The van der Waals surface area contributed by atoms with Crippen LogP contribution >= 0.6 is 0 Å². The van der Waals surface area contributed by atoms with Crippen molar-refractivity contribution in [3.8, 4) is 11.5 Å². The number of aryl methyl sites for hydroxylation is 1. The maximum absolute atomic E-state index is 12.1. The number of amides is 1. The third-order valence-electron chi connectivity index (χ3n) is 3.46. The highest BCUT2D eigenvalue weighted by atomic mass is 16.5. The van der Waals surface area contributed by atoms with E-state index in [2.05, 4.69) is 5.32 Å². The number of nitrogens with one attached hydrogen (secondary N) is 1. The van der Waals surface area contributed by atoms with E-state index in [9.17, 15) is 14.7 Å². The van der Waals surface area contributed by atoms with Crippen LogP contribution in [0, 0.1) is 6.92 Å². The number of phenolic OH excluding ortho intramolecular Hbond substituents is 1. The number of ether oxygens (including phenoxy) is 2. The molecule has 0 heterocycles. The molecule has 1 atom stereocenters. The van der Waals surface area contributed by atoms with Gasteiger partial charge in [-0.1, -0.05) is 6.07 Å². The molecule has 0 aliphatic carbocycles. The summed E-state index contributed by atoms with van der Waals surface area (Å²) in [5.41, 5.74) is 1.40. The number of esters is 1. The Kier molecular flexibility index (Phi) is 5.42. The Bertz CT molecular complexity index is 740. The topological polar surface area (TPSA) is 84.9 Å². The number of carbonyl (C=O) groups excluding carboxylic acids is 2. The molecule has 0 aliphatic rings. The number of phenols is 1. The summed E-state index contributed by atoms with van der Waals surface area (Å²) in [6.07, 6.45) is -0.983. The third-order valence-corrected chi connectivity index (χ3v) is 3.46. The zero-order valence-corrected chi connectivity index (χ0v) is 13.7. The molecule has 0 aromatic heterocycles. The molecule has 2 N–H and O–H groups in total. The highest BCUT2D eigenvalue weighted by molar-refractivity contribution is 5.97. The lowest BCUT2D eigenvalue weighted by Crippen LogP contribution is -2.30. The van der Waals surface area contributed by atoms with Gasteiger partial charge in [0.05, 0.1) is 12.7 Å². The fraction of sp³-hybridized carbons (Fsp3) is 0.222. The largest absolute Gasteiger partial charge is 0.508 e.